The number of halogens is 4. The molecule has 2 aliphatic rings. The molecule has 2 atom stereocenters. The predicted molar refractivity (Wildman–Crippen MR) is 150 cm³/mol. The summed E-state index contributed by atoms with van der Waals surface area (Å²) in [6.07, 6.45) is 4.21. The quantitative estimate of drug-likeness (QED) is 0.0868. The van der Waals surface area contributed by atoms with Crippen molar-refractivity contribution in [1.82, 2.24) is 0 Å². The highest BCUT2D eigenvalue weighted by atomic mass is 19.2. The van der Waals surface area contributed by atoms with Gasteiger partial charge in [0, 0.05) is 34.9 Å². The first-order valence-electron chi connectivity index (χ1n) is 13.6. The van der Waals surface area contributed by atoms with E-state index in [1.807, 2.05) is 92.1 Å². The number of rotatable bonds is 1. The monoisotopic (exact) mass is 550 g/mol. The van der Waals surface area contributed by atoms with Gasteiger partial charge in [-0.15, -0.1) is 0 Å². The fourth-order valence-corrected chi connectivity index (χ4v) is 6.68. The van der Waals surface area contributed by atoms with Crippen molar-refractivity contribution in [2.45, 2.75) is 31.7 Å². The van der Waals surface area contributed by atoms with Gasteiger partial charge in [0.25, 0.3) is 0 Å². The van der Waals surface area contributed by atoms with Gasteiger partial charge in [-0.2, -0.15) is 9.13 Å². The summed E-state index contributed by atoms with van der Waals surface area (Å²) in [5, 5.41) is 0. The number of nitrogens with zero attached hydrogens (tertiary/aromatic N) is 2. The Morgan fingerprint density at radius 2 is 1.46 bits per heavy atom. The van der Waals surface area contributed by atoms with Crippen molar-refractivity contribution in [2.24, 2.45) is 0 Å². The minimum atomic E-state index is -1.82. The molecule has 0 bridgehead atoms. The van der Waals surface area contributed by atoms with Crippen LogP contribution >= 0.6 is 0 Å². The Labute approximate surface area is 235 Å². The zero-order valence-electron chi connectivity index (χ0n) is 22.3. The molecule has 0 amide bonds. The lowest BCUT2D eigenvalue weighted by atomic mass is 9.78. The lowest BCUT2D eigenvalue weighted by molar-refractivity contribution is -0.727. The van der Waals surface area contributed by atoms with Crippen LogP contribution in [0.3, 0.4) is 0 Å². The van der Waals surface area contributed by atoms with Gasteiger partial charge in [-0.1, -0.05) is 48.5 Å². The van der Waals surface area contributed by atoms with Crippen LogP contribution in [0, 0.1) is 30.2 Å². The van der Waals surface area contributed by atoms with Crippen molar-refractivity contribution in [3.8, 4) is 33.6 Å². The van der Waals surface area contributed by atoms with Crippen molar-refractivity contribution in [1.29, 1.82) is 0 Å². The minimum absolute atomic E-state index is 0.00927. The van der Waals surface area contributed by atoms with Gasteiger partial charge in [0.15, 0.2) is 35.7 Å². The van der Waals surface area contributed by atoms with Gasteiger partial charge in [-0.25, -0.2) is 17.6 Å². The molecule has 2 unspecified atom stereocenters. The van der Waals surface area contributed by atoms with Crippen molar-refractivity contribution in [3.05, 3.63) is 138 Å². The zero-order chi connectivity index (χ0) is 28.4. The van der Waals surface area contributed by atoms with Crippen molar-refractivity contribution in [3.63, 3.8) is 0 Å². The molecule has 4 heterocycles. The fourth-order valence-electron chi connectivity index (χ4n) is 6.68. The second-order valence-corrected chi connectivity index (χ2v) is 10.8. The van der Waals surface area contributed by atoms with E-state index in [0.29, 0.717) is 12.1 Å². The molecule has 0 aliphatic carbocycles. The van der Waals surface area contributed by atoms with E-state index in [1.54, 1.807) is 10.6 Å². The molecule has 7 rings (SSSR count). The highest BCUT2D eigenvalue weighted by Crippen LogP contribution is 2.46. The summed E-state index contributed by atoms with van der Waals surface area (Å²) >= 11 is 0. The smallest absolute Gasteiger partial charge is 0.203 e. The summed E-state index contributed by atoms with van der Waals surface area (Å²) in [5.41, 5.74) is 6.01. The van der Waals surface area contributed by atoms with E-state index in [2.05, 4.69) is 11.1 Å². The molecule has 0 N–H and O–H groups in total. The number of fused-ring (bicyclic) bond motifs is 9. The topological polar surface area (TPSA) is 7.76 Å². The molecular weight excluding hydrogens is 524 g/mol. The molecule has 2 aromatic heterocycles. The SMILES string of the molecule is C=C1C2C(CCc3c(F)c(F)c(F)c(F)c3-c3cc(-c4ccccc4)c(C)c[n+]31)c1ccccc1-c1cccc[n+]12. The number of aromatic nitrogens is 2. The van der Waals surface area contributed by atoms with Gasteiger partial charge in [-0.05, 0) is 55.2 Å². The average Bonchev–Trinajstić information content (AvgIpc) is 3.05. The molecule has 0 spiro atoms. The van der Waals surface area contributed by atoms with Gasteiger partial charge in [-0.3, -0.25) is 0 Å². The third-order valence-electron chi connectivity index (χ3n) is 8.56. The highest BCUT2D eigenvalue weighted by Gasteiger charge is 2.47. The number of allylic oxidation sites excluding steroid dienone is 1. The maximum absolute atomic E-state index is 15.8. The maximum Gasteiger partial charge on any atom is 0.249 e. The van der Waals surface area contributed by atoms with E-state index in [4.69, 9.17) is 0 Å². The number of hydrogen-bond donors (Lipinski definition) is 0. The summed E-state index contributed by atoms with van der Waals surface area (Å²) in [5.74, 6) is -6.55. The number of pyridine rings is 2. The Morgan fingerprint density at radius 3 is 2.27 bits per heavy atom. The molecule has 3 aromatic carbocycles. The van der Waals surface area contributed by atoms with Crippen molar-refractivity contribution in [2.75, 3.05) is 0 Å². The number of aryl methyl sites for hydroxylation is 1. The Morgan fingerprint density at radius 1 is 0.756 bits per heavy atom. The average molecular weight is 551 g/mol. The van der Waals surface area contributed by atoms with E-state index in [9.17, 15) is 8.78 Å². The molecule has 2 nitrogen and oxygen atoms in total. The molecule has 0 fully saturated rings. The van der Waals surface area contributed by atoms with E-state index in [0.717, 1.165) is 33.5 Å². The van der Waals surface area contributed by atoms with Crippen LogP contribution in [0.15, 0.2) is 97.8 Å². The molecule has 0 saturated carbocycles. The van der Waals surface area contributed by atoms with Crippen molar-refractivity contribution >= 4 is 5.70 Å². The molecule has 41 heavy (non-hydrogen) atoms. The van der Waals surface area contributed by atoms with Crippen LogP contribution in [-0.4, -0.2) is 0 Å². The predicted octanol–water partition coefficient (Wildman–Crippen LogP) is 7.88. The van der Waals surface area contributed by atoms with E-state index in [1.165, 1.54) is 0 Å². The molecule has 6 heteroatoms. The summed E-state index contributed by atoms with van der Waals surface area (Å²) in [7, 11) is 0. The molecule has 5 aromatic rings. The van der Waals surface area contributed by atoms with Gasteiger partial charge < -0.3 is 0 Å². The Balaban J connectivity index is 1.57. The van der Waals surface area contributed by atoms with Gasteiger partial charge >= 0.3 is 0 Å². The van der Waals surface area contributed by atoms with Crippen LogP contribution in [0.2, 0.25) is 0 Å². The highest BCUT2D eigenvalue weighted by molar-refractivity contribution is 5.74. The van der Waals surface area contributed by atoms with Crippen LogP contribution in [0.4, 0.5) is 17.6 Å². The van der Waals surface area contributed by atoms with Gasteiger partial charge in [0.05, 0.1) is 11.5 Å². The van der Waals surface area contributed by atoms with Gasteiger partial charge in [0.2, 0.25) is 23.1 Å². The third kappa shape index (κ3) is 3.77. The first-order valence-corrected chi connectivity index (χ1v) is 13.6. The van der Waals surface area contributed by atoms with Gasteiger partial charge in [0.1, 0.15) is 0 Å². The van der Waals surface area contributed by atoms with Crippen LogP contribution in [0.5, 0.6) is 0 Å². The van der Waals surface area contributed by atoms with E-state index < -0.39 is 23.3 Å². The lowest BCUT2D eigenvalue weighted by Gasteiger charge is -2.29. The Hall–Kier alpha value is -4.58. The largest absolute Gasteiger partial charge is 0.249 e. The first-order chi connectivity index (χ1) is 19.9. The number of hydrogen-bond acceptors (Lipinski definition) is 0. The second-order valence-electron chi connectivity index (χ2n) is 10.8. The molecule has 0 saturated heterocycles. The minimum Gasteiger partial charge on any atom is -0.203 e. The van der Waals surface area contributed by atoms with E-state index >= 15 is 8.78 Å². The molecule has 2 aliphatic heterocycles. The van der Waals surface area contributed by atoms with Crippen LogP contribution < -0.4 is 9.13 Å². The van der Waals surface area contributed by atoms with E-state index in [-0.39, 0.29) is 35.2 Å². The summed E-state index contributed by atoms with van der Waals surface area (Å²) in [4.78, 5) is 0. The zero-order valence-corrected chi connectivity index (χ0v) is 22.3. The third-order valence-corrected chi connectivity index (χ3v) is 8.56. The fraction of sp³-hybridized carbons (Fsp3) is 0.143. The maximum atomic E-state index is 15.8. The normalized spacial score (nSPS) is 17.2. The lowest BCUT2D eigenvalue weighted by Crippen LogP contribution is -2.53. The number of benzene rings is 3. The van der Waals surface area contributed by atoms with Crippen LogP contribution in [0.1, 0.15) is 35.1 Å². The van der Waals surface area contributed by atoms with Crippen molar-refractivity contribution < 1.29 is 26.7 Å². The Bertz CT molecular complexity index is 1880. The van der Waals surface area contributed by atoms with Crippen LogP contribution in [0.25, 0.3) is 39.3 Å². The standard InChI is InChI=1S/C35H26F4N2/c1-20-19-41-21(2)35-25(23-12-6-7-13-24(23)28-14-8-9-17-40(28)35)15-16-26-30(32(37)34(39)33(38)31(26)36)29(41)18-27(20)22-10-4-3-5-11-22/h3-14,17-19,25,35H,2,15-16H2,1H3/q+2. The summed E-state index contributed by atoms with van der Waals surface area (Å²) < 4.78 is 64.9. The molecule has 0 radical (unpaired) electrons. The second kappa shape index (κ2) is 9.51. The summed E-state index contributed by atoms with van der Waals surface area (Å²) in [6, 6.07) is 24.9. The Kier molecular flexibility index (Phi) is 5.89. The first kappa shape index (κ1) is 25.4. The molecular formula is C35H26F4N2+2. The summed E-state index contributed by atoms with van der Waals surface area (Å²) in [6.45, 7) is 6.46. The molecule has 202 valence electrons. The van der Waals surface area contributed by atoms with Crippen LogP contribution in [-0.2, 0) is 6.42 Å².